The van der Waals surface area contributed by atoms with Gasteiger partial charge in [0.1, 0.15) is 4.47 Å². The van der Waals surface area contributed by atoms with Gasteiger partial charge in [-0.2, -0.15) is 5.10 Å². The van der Waals surface area contributed by atoms with E-state index in [-0.39, 0.29) is 5.56 Å². The third-order valence-corrected chi connectivity index (χ3v) is 4.46. The van der Waals surface area contributed by atoms with Crippen LogP contribution in [0.3, 0.4) is 0 Å². The zero-order valence-electron chi connectivity index (χ0n) is 11.6. The van der Waals surface area contributed by atoms with Gasteiger partial charge in [-0.25, -0.2) is 5.10 Å². The van der Waals surface area contributed by atoms with Crippen LogP contribution in [0.15, 0.2) is 45.8 Å². The lowest BCUT2D eigenvalue weighted by atomic mass is 10.2. The maximum absolute atomic E-state index is 11.5. The topological polar surface area (TPSA) is 61.0 Å². The molecule has 3 rings (SSSR count). The predicted octanol–water partition coefficient (Wildman–Crippen LogP) is 2.22. The summed E-state index contributed by atoms with van der Waals surface area (Å²) in [6.07, 6.45) is 2.71. The molecule has 1 atom stereocenters. The molecule has 0 saturated carbocycles. The van der Waals surface area contributed by atoms with Crippen molar-refractivity contribution in [2.45, 2.75) is 19.0 Å². The van der Waals surface area contributed by atoms with Crippen molar-refractivity contribution in [1.29, 1.82) is 0 Å². The molecule has 0 amide bonds. The standard InChI is InChI=1S/C15H17BrN4O/c16-14-13(8-17-19-15(14)21)18-12-6-7-20(10-12)9-11-4-2-1-3-5-11/h1-5,8,12H,6-7,9-10H2,(H2,18,19,21). The van der Waals surface area contributed by atoms with Gasteiger partial charge < -0.3 is 5.32 Å². The van der Waals surface area contributed by atoms with E-state index in [1.165, 1.54) is 5.56 Å². The fraction of sp³-hybridized carbons (Fsp3) is 0.333. The molecule has 0 spiro atoms. The average Bonchev–Trinajstić information content (AvgIpc) is 2.92. The lowest BCUT2D eigenvalue weighted by molar-refractivity contribution is 0.328. The number of rotatable bonds is 4. The van der Waals surface area contributed by atoms with Gasteiger partial charge >= 0.3 is 0 Å². The molecule has 1 aromatic heterocycles. The summed E-state index contributed by atoms with van der Waals surface area (Å²) < 4.78 is 0.513. The molecule has 1 aliphatic heterocycles. The number of nitrogens with zero attached hydrogens (tertiary/aromatic N) is 2. The van der Waals surface area contributed by atoms with Crippen LogP contribution in [0.1, 0.15) is 12.0 Å². The molecular weight excluding hydrogens is 332 g/mol. The fourth-order valence-electron chi connectivity index (χ4n) is 2.64. The Bertz CT molecular complexity index is 658. The number of aromatic nitrogens is 2. The molecule has 2 aromatic rings. The lowest BCUT2D eigenvalue weighted by Gasteiger charge is -2.17. The highest BCUT2D eigenvalue weighted by molar-refractivity contribution is 9.10. The van der Waals surface area contributed by atoms with Crippen LogP contribution in [0.2, 0.25) is 0 Å². The quantitative estimate of drug-likeness (QED) is 0.889. The molecule has 2 N–H and O–H groups in total. The summed E-state index contributed by atoms with van der Waals surface area (Å²) in [6.45, 7) is 2.99. The van der Waals surface area contributed by atoms with Crippen LogP contribution in [0, 0.1) is 0 Å². The summed E-state index contributed by atoms with van der Waals surface area (Å²) >= 11 is 3.30. The van der Waals surface area contributed by atoms with E-state index in [0.29, 0.717) is 10.5 Å². The molecule has 1 fully saturated rings. The molecule has 1 unspecified atom stereocenters. The van der Waals surface area contributed by atoms with Crippen molar-refractivity contribution in [2.75, 3.05) is 18.4 Å². The summed E-state index contributed by atoms with van der Waals surface area (Å²) in [5.74, 6) is 0. The van der Waals surface area contributed by atoms with Gasteiger partial charge in [0, 0.05) is 25.7 Å². The number of benzene rings is 1. The molecule has 110 valence electrons. The average molecular weight is 349 g/mol. The van der Waals surface area contributed by atoms with E-state index in [4.69, 9.17) is 0 Å². The van der Waals surface area contributed by atoms with Gasteiger partial charge in [-0.3, -0.25) is 9.69 Å². The molecular formula is C15H17BrN4O. The zero-order valence-corrected chi connectivity index (χ0v) is 13.1. The van der Waals surface area contributed by atoms with Crippen LogP contribution in [0.5, 0.6) is 0 Å². The van der Waals surface area contributed by atoms with Gasteiger partial charge in [0.2, 0.25) is 0 Å². The van der Waals surface area contributed by atoms with Crippen LogP contribution in [-0.2, 0) is 6.54 Å². The first-order valence-electron chi connectivity index (χ1n) is 6.98. The number of H-pyrrole nitrogens is 1. The molecule has 0 bridgehead atoms. The summed E-state index contributed by atoms with van der Waals surface area (Å²) in [4.78, 5) is 13.9. The monoisotopic (exact) mass is 348 g/mol. The van der Waals surface area contributed by atoms with E-state index in [2.05, 4.69) is 60.6 Å². The fourth-order valence-corrected chi connectivity index (χ4v) is 2.95. The Labute approximate surface area is 131 Å². The van der Waals surface area contributed by atoms with Crippen molar-refractivity contribution in [3.8, 4) is 0 Å². The van der Waals surface area contributed by atoms with Crippen LogP contribution in [-0.4, -0.2) is 34.2 Å². The second kappa shape index (κ2) is 6.41. The summed E-state index contributed by atoms with van der Waals surface area (Å²) in [7, 11) is 0. The minimum atomic E-state index is -0.209. The van der Waals surface area contributed by atoms with Gasteiger partial charge in [-0.15, -0.1) is 0 Å². The molecule has 0 radical (unpaired) electrons. The van der Waals surface area contributed by atoms with Gasteiger partial charge in [-0.1, -0.05) is 30.3 Å². The predicted molar refractivity (Wildman–Crippen MR) is 86.3 cm³/mol. The molecule has 2 heterocycles. The van der Waals surface area contributed by atoms with Crippen LogP contribution >= 0.6 is 15.9 Å². The number of hydrogen-bond acceptors (Lipinski definition) is 4. The van der Waals surface area contributed by atoms with Crippen molar-refractivity contribution in [3.63, 3.8) is 0 Å². The summed E-state index contributed by atoms with van der Waals surface area (Å²) in [5.41, 5.74) is 1.88. The highest BCUT2D eigenvalue weighted by atomic mass is 79.9. The van der Waals surface area contributed by atoms with Crippen LogP contribution in [0.4, 0.5) is 5.69 Å². The molecule has 21 heavy (non-hydrogen) atoms. The second-order valence-corrected chi connectivity index (χ2v) is 6.07. The van der Waals surface area contributed by atoms with Crippen LogP contribution < -0.4 is 10.9 Å². The van der Waals surface area contributed by atoms with Crippen molar-refractivity contribution in [2.24, 2.45) is 0 Å². The Hall–Kier alpha value is -1.66. The minimum absolute atomic E-state index is 0.209. The van der Waals surface area contributed by atoms with E-state index >= 15 is 0 Å². The maximum atomic E-state index is 11.5. The first kappa shape index (κ1) is 14.3. The molecule has 6 heteroatoms. The smallest absolute Gasteiger partial charge is 0.280 e. The number of hydrogen-bond donors (Lipinski definition) is 2. The van der Waals surface area contributed by atoms with E-state index in [9.17, 15) is 4.79 Å². The van der Waals surface area contributed by atoms with Gasteiger partial charge in [0.15, 0.2) is 0 Å². The van der Waals surface area contributed by atoms with E-state index in [0.717, 1.165) is 31.7 Å². The Morgan fingerprint density at radius 2 is 2.19 bits per heavy atom. The molecule has 5 nitrogen and oxygen atoms in total. The minimum Gasteiger partial charge on any atom is -0.379 e. The largest absolute Gasteiger partial charge is 0.379 e. The van der Waals surface area contributed by atoms with Crippen molar-refractivity contribution in [1.82, 2.24) is 15.1 Å². The van der Waals surface area contributed by atoms with Gasteiger partial charge in [0.25, 0.3) is 5.56 Å². The maximum Gasteiger partial charge on any atom is 0.280 e. The third kappa shape index (κ3) is 3.51. The lowest BCUT2D eigenvalue weighted by Crippen LogP contribution is -2.27. The molecule has 1 aliphatic rings. The third-order valence-electron chi connectivity index (χ3n) is 3.68. The highest BCUT2D eigenvalue weighted by Crippen LogP contribution is 2.21. The Morgan fingerprint density at radius 1 is 1.38 bits per heavy atom. The summed E-state index contributed by atoms with van der Waals surface area (Å²) in [5, 5.41) is 9.63. The Kier molecular flexibility index (Phi) is 4.36. The van der Waals surface area contributed by atoms with Gasteiger partial charge in [0.05, 0.1) is 11.9 Å². The number of likely N-dealkylation sites (tertiary alicyclic amines) is 1. The van der Waals surface area contributed by atoms with Crippen molar-refractivity contribution in [3.05, 3.63) is 56.9 Å². The Morgan fingerprint density at radius 3 is 3.00 bits per heavy atom. The number of halogens is 1. The molecule has 1 saturated heterocycles. The Balaban J connectivity index is 1.60. The second-order valence-electron chi connectivity index (χ2n) is 5.28. The van der Waals surface area contributed by atoms with Gasteiger partial charge in [-0.05, 0) is 27.9 Å². The SMILES string of the molecule is O=c1[nH]ncc(NC2CCN(Cc3ccccc3)C2)c1Br. The molecule has 1 aromatic carbocycles. The van der Waals surface area contributed by atoms with E-state index in [1.54, 1.807) is 6.20 Å². The first-order valence-corrected chi connectivity index (χ1v) is 7.77. The molecule has 0 aliphatic carbocycles. The normalized spacial score (nSPS) is 18.8. The van der Waals surface area contributed by atoms with E-state index < -0.39 is 0 Å². The first-order chi connectivity index (χ1) is 10.2. The highest BCUT2D eigenvalue weighted by Gasteiger charge is 2.23. The number of nitrogens with one attached hydrogen (secondary N) is 2. The van der Waals surface area contributed by atoms with Crippen molar-refractivity contribution < 1.29 is 0 Å². The van der Waals surface area contributed by atoms with Crippen LogP contribution in [0.25, 0.3) is 0 Å². The number of anilines is 1. The summed E-state index contributed by atoms with van der Waals surface area (Å²) in [6, 6.07) is 10.8. The zero-order chi connectivity index (χ0) is 14.7. The number of aromatic amines is 1. The van der Waals surface area contributed by atoms with Crippen molar-refractivity contribution >= 4 is 21.6 Å². The van der Waals surface area contributed by atoms with E-state index in [1.807, 2.05) is 6.07 Å².